The standard InChI is InChI=1S/C23H29N3O4/c1-16-6-5-7-17(2)26(16)23(29)22(28)19-14-25(20-9-4-3-8-18(19)20)15-21(27)24-10-12-30-13-11-24/h3-4,8-9,14,16-17H,5-7,10-13,15H2,1-2H3. The number of nitrogens with zero attached hydrogens (tertiary/aromatic N) is 3. The molecule has 0 aliphatic carbocycles. The maximum atomic E-state index is 13.2. The second-order valence-electron chi connectivity index (χ2n) is 8.35. The quantitative estimate of drug-likeness (QED) is 0.572. The Morgan fingerprint density at radius 3 is 2.40 bits per heavy atom. The molecule has 160 valence electrons. The van der Waals surface area contributed by atoms with Crippen LogP contribution >= 0.6 is 0 Å². The SMILES string of the molecule is CC1CCCC(C)N1C(=O)C(=O)c1cn(CC(=O)N2CCOCC2)c2ccccc12. The molecule has 2 amide bonds. The molecular formula is C23H29N3O4. The minimum absolute atomic E-state index is 0.0114. The Morgan fingerprint density at radius 1 is 1.03 bits per heavy atom. The van der Waals surface area contributed by atoms with E-state index in [9.17, 15) is 14.4 Å². The molecule has 1 aromatic carbocycles. The van der Waals surface area contributed by atoms with E-state index in [1.807, 2.05) is 38.1 Å². The predicted molar refractivity (Wildman–Crippen MR) is 113 cm³/mol. The highest BCUT2D eigenvalue weighted by molar-refractivity contribution is 6.45. The number of para-hydroxylation sites is 1. The number of ketones is 1. The topological polar surface area (TPSA) is 71.9 Å². The van der Waals surface area contributed by atoms with Gasteiger partial charge in [0.15, 0.2) is 0 Å². The van der Waals surface area contributed by atoms with Gasteiger partial charge in [-0.25, -0.2) is 0 Å². The summed E-state index contributed by atoms with van der Waals surface area (Å²) in [5, 5.41) is 0.711. The Bertz CT molecular complexity index is 951. The number of piperidine rings is 1. The molecule has 0 spiro atoms. The summed E-state index contributed by atoms with van der Waals surface area (Å²) < 4.78 is 7.11. The van der Waals surface area contributed by atoms with Crippen LogP contribution in [-0.4, -0.2) is 70.4 Å². The molecule has 7 nitrogen and oxygen atoms in total. The summed E-state index contributed by atoms with van der Waals surface area (Å²) in [6, 6.07) is 7.57. The fourth-order valence-electron chi connectivity index (χ4n) is 4.67. The van der Waals surface area contributed by atoms with Crippen molar-refractivity contribution in [2.45, 2.75) is 51.7 Å². The first-order valence-electron chi connectivity index (χ1n) is 10.8. The van der Waals surface area contributed by atoms with Gasteiger partial charge in [0, 0.05) is 42.3 Å². The van der Waals surface area contributed by atoms with Gasteiger partial charge in [0.05, 0.1) is 18.8 Å². The van der Waals surface area contributed by atoms with Crippen molar-refractivity contribution in [2.75, 3.05) is 26.3 Å². The minimum atomic E-state index is -0.496. The van der Waals surface area contributed by atoms with Gasteiger partial charge in [-0.05, 0) is 39.2 Å². The van der Waals surface area contributed by atoms with Gasteiger partial charge in [-0.1, -0.05) is 18.2 Å². The number of ether oxygens (including phenoxy) is 1. The number of hydrogen-bond donors (Lipinski definition) is 0. The number of amides is 2. The van der Waals surface area contributed by atoms with Gasteiger partial charge in [0.1, 0.15) is 6.54 Å². The molecule has 4 rings (SSSR count). The fourth-order valence-corrected chi connectivity index (χ4v) is 4.67. The number of carbonyl (C=O) groups excluding carboxylic acids is 3. The molecular weight excluding hydrogens is 382 g/mol. The average molecular weight is 412 g/mol. The van der Waals surface area contributed by atoms with Gasteiger partial charge in [0.25, 0.3) is 11.7 Å². The molecule has 2 aliphatic heterocycles. The van der Waals surface area contributed by atoms with E-state index < -0.39 is 11.7 Å². The number of benzene rings is 1. The van der Waals surface area contributed by atoms with Crippen molar-refractivity contribution >= 4 is 28.5 Å². The zero-order chi connectivity index (χ0) is 21.3. The maximum absolute atomic E-state index is 13.2. The summed E-state index contributed by atoms with van der Waals surface area (Å²) in [5.41, 5.74) is 1.16. The summed E-state index contributed by atoms with van der Waals surface area (Å²) in [6.07, 6.45) is 4.57. The van der Waals surface area contributed by atoms with E-state index in [1.165, 1.54) is 0 Å². The van der Waals surface area contributed by atoms with Crippen LogP contribution in [0.15, 0.2) is 30.5 Å². The molecule has 2 saturated heterocycles. The number of fused-ring (bicyclic) bond motifs is 1. The second kappa shape index (κ2) is 8.60. The van der Waals surface area contributed by atoms with Gasteiger partial charge < -0.3 is 19.1 Å². The van der Waals surface area contributed by atoms with E-state index in [0.717, 1.165) is 24.8 Å². The molecule has 0 bridgehead atoms. The van der Waals surface area contributed by atoms with E-state index >= 15 is 0 Å². The third-order valence-corrected chi connectivity index (χ3v) is 6.32. The highest BCUT2D eigenvalue weighted by Gasteiger charge is 2.34. The molecule has 0 saturated carbocycles. The first-order valence-corrected chi connectivity index (χ1v) is 10.8. The average Bonchev–Trinajstić information content (AvgIpc) is 3.12. The molecule has 2 aromatic rings. The third kappa shape index (κ3) is 3.86. The van der Waals surface area contributed by atoms with Crippen molar-refractivity contribution in [3.05, 3.63) is 36.0 Å². The van der Waals surface area contributed by atoms with Crippen molar-refractivity contribution < 1.29 is 19.1 Å². The van der Waals surface area contributed by atoms with Crippen LogP contribution in [0.5, 0.6) is 0 Å². The van der Waals surface area contributed by atoms with Crippen LogP contribution < -0.4 is 0 Å². The smallest absolute Gasteiger partial charge is 0.295 e. The lowest BCUT2D eigenvalue weighted by molar-refractivity contribution is -0.135. The largest absolute Gasteiger partial charge is 0.378 e. The zero-order valence-corrected chi connectivity index (χ0v) is 17.7. The van der Waals surface area contributed by atoms with Gasteiger partial charge in [-0.3, -0.25) is 14.4 Å². The molecule has 2 fully saturated rings. The van der Waals surface area contributed by atoms with Crippen LogP contribution in [0, 0.1) is 0 Å². The summed E-state index contributed by atoms with van der Waals surface area (Å²) in [7, 11) is 0. The number of likely N-dealkylation sites (tertiary alicyclic amines) is 1. The highest BCUT2D eigenvalue weighted by Crippen LogP contribution is 2.26. The molecule has 2 unspecified atom stereocenters. The molecule has 2 aliphatic rings. The van der Waals surface area contributed by atoms with E-state index in [2.05, 4.69) is 0 Å². The number of aromatic nitrogens is 1. The molecule has 0 N–H and O–H groups in total. The first-order chi connectivity index (χ1) is 14.5. The maximum Gasteiger partial charge on any atom is 0.295 e. The second-order valence-corrected chi connectivity index (χ2v) is 8.35. The lowest BCUT2D eigenvalue weighted by atomic mass is 9.96. The predicted octanol–water partition coefficient (Wildman–Crippen LogP) is 2.47. The molecule has 7 heteroatoms. The number of morpholine rings is 1. The lowest BCUT2D eigenvalue weighted by Gasteiger charge is -2.38. The Morgan fingerprint density at radius 2 is 1.70 bits per heavy atom. The van der Waals surface area contributed by atoms with E-state index in [4.69, 9.17) is 4.74 Å². The Labute approximate surface area is 176 Å². The van der Waals surface area contributed by atoms with Crippen molar-refractivity contribution in [3.63, 3.8) is 0 Å². The fraction of sp³-hybridized carbons (Fsp3) is 0.522. The summed E-state index contributed by atoms with van der Waals surface area (Å²) in [4.78, 5) is 42.6. The number of hydrogen-bond acceptors (Lipinski definition) is 4. The van der Waals surface area contributed by atoms with Crippen molar-refractivity contribution in [1.82, 2.24) is 14.4 Å². The monoisotopic (exact) mass is 411 g/mol. The molecule has 3 heterocycles. The van der Waals surface area contributed by atoms with Crippen molar-refractivity contribution in [1.29, 1.82) is 0 Å². The summed E-state index contributed by atoms with van der Waals surface area (Å²) in [6.45, 7) is 6.39. The van der Waals surface area contributed by atoms with Crippen LogP contribution in [0.25, 0.3) is 10.9 Å². The van der Waals surface area contributed by atoms with Gasteiger partial charge in [0.2, 0.25) is 5.91 Å². The molecule has 30 heavy (non-hydrogen) atoms. The van der Waals surface area contributed by atoms with Crippen molar-refractivity contribution in [2.24, 2.45) is 0 Å². The lowest BCUT2D eigenvalue weighted by Crippen LogP contribution is -2.50. The zero-order valence-electron chi connectivity index (χ0n) is 17.7. The van der Waals surface area contributed by atoms with Gasteiger partial charge >= 0.3 is 0 Å². The van der Waals surface area contributed by atoms with E-state index in [-0.39, 0.29) is 24.5 Å². The summed E-state index contributed by atoms with van der Waals surface area (Å²) >= 11 is 0. The third-order valence-electron chi connectivity index (χ3n) is 6.32. The van der Waals surface area contributed by atoms with Crippen LogP contribution in [-0.2, 0) is 20.9 Å². The molecule has 1 aromatic heterocycles. The number of Topliss-reactive ketones (excluding diaryl/α,β-unsaturated/α-hetero) is 1. The van der Waals surface area contributed by atoms with Gasteiger partial charge in [-0.15, -0.1) is 0 Å². The van der Waals surface area contributed by atoms with Crippen LogP contribution in [0.1, 0.15) is 43.5 Å². The van der Waals surface area contributed by atoms with Crippen LogP contribution in [0.4, 0.5) is 0 Å². The molecule has 0 radical (unpaired) electrons. The number of carbonyl (C=O) groups is 3. The van der Waals surface area contributed by atoms with Crippen LogP contribution in [0.2, 0.25) is 0 Å². The van der Waals surface area contributed by atoms with Gasteiger partial charge in [-0.2, -0.15) is 0 Å². The minimum Gasteiger partial charge on any atom is -0.378 e. The van der Waals surface area contributed by atoms with Crippen LogP contribution in [0.3, 0.4) is 0 Å². The highest BCUT2D eigenvalue weighted by atomic mass is 16.5. The Balaban J connectivity index is 1.62. The van der Waals surface area contributed by atoms with Crippen molar-refractivity contribution in [3.8, 4) is 0 Å². The van der Waals surface area contributed by atoms with E-state index in [1.54, 1.807) is 20.6 Å². The Hall–Kier alpha value is -2.67. The first kappa shape index (κ1) is 20.6. The normalized spacial score (nSPS) is 22.3. The number of rotatable bonds is 4. The molecule has 2 atom stereocenters. The van der Waals surface area contributed by atoms with E-state index in [0.29, 0.717) is 37.3 Å². The Kier molecular flexibility index (Phi) is 5.90. The summed E-state index contributed by atoms with van der Waals surface area (Å²) in [5.74, 6) is -0.955.